The van der Waals surface area contributed by atoms with Gasteiger partial charge >= 0.3 is 0 Å². The number of hydrogen-bond donors (Lipinski definition) is 2. The van der Waals surface area contributed by atoms with Crippen molar-refractivity contribution >= 4 is 11.6 Å². The Balaban J connectivity index is 2.27. The summed E-state index contributed by atoms with van der Waals surface area (Å²) >= 11 is 0. The lowest BCUT2D eigenvalue weighted by molar-refractivity contribution is -0.121. The number of carbonyl (C=O) groups excluding carboxylic acids is 1. The molecule has 1 heterocycles. The molecule has 1 unspecified atom stereocenters. The van der Waals surface area contributed by atoms with E-state index in [1.807, 2.05) is 35.0 Å². The zero-order valence-electron chi connectivity index (χ0n) is 10.2. The number of benzene rings is 1. The summed E-state index contributed by atoms with van der Waals surface area (Å²) in [5, 5.41) is 0. The molecule has 5 nitrogen and oxygen atoms in total. The second-order valence-electron chi connectivity index (χ2n) is 4.33. The molecule has 18 heavy (non-hydrogen) atoms. The summed E-state index contributed by atoms with van der Waals surface area (Å²) in [5.74, 6) is 0.266. The average molecular weight is 244 g/mol. The van der Waals surface area contributed by atoms with E-state index < -0.39 is 0 Å². The molecule has 1 atom stereocenters. The van der Waals surface area contributed by atoms with E-state index in [1.165, 1.54) is 0 Å². The number of primary amides is 1. The van der Waals surface area contributed by atoms with Gasteiger partial charge < -0.3 is 16.0 Å². The molecular formula is C13H16N4O. The van der Waals surface area contributed by atoms with E-state index in [-0.39, 0.29) is 11.8 Å². The molecule has 0 aliphatic carbocycles. The summed E-state index contributed by atoms with van der Waals surface area (Å²) in [4.78, 5) is 15.4. The van der Waals surface area contributed by atoms with E-state index in [4.69, 9.17) is 11.5 Å². The molecule has 0 fully saturated rings. The molecule has 1 aromatic heterocycles. The number of rotatable bonds is 4. The average Bonchev–Trinajstić information content (AvgIpc) is 2.78. The Hall–Kier alpha value is -2.30. The van der Waals surface area contributed by atoms with Crippen LogP contribution in [0.15, 0.2) is 36.7 Å². The van der Waals surface area contributed by atoms with Crippen molar-refractivity contribution in [3.8, 4) is 11.4 Å². The maximum atomic E-state index is 11.1. The Morgan fingerprint density at radius 2 is 2.06 bits per heavy atom. The van der Waals surface area contributed by atoms with Crippen molar-refractivity contribution in [1.29, 1.82) is 0 Å². The summed E-state index contributed by atoms with van der Waals surface area (Å²) in [5.41, 5.74) is 12.6. The highest BCUT2D eigenvalue weighted by molar-refractivity contribution is 5.76. The lowest BCUT2D eigenvalue weighted by Crippen LogP contribution is -2.24. The van der Waals surface area contributed by atoms with Crippen molar-refractivity contribution in [1.82, 2.24) is 9.55 Å². The van der Waals surface area contributed by atoms with Crippen LogP contribution in [-0.2, 0) is 11.3 Å². The first-order valence-electron chi connectivity index (χ1n) is 5.74. The molecule has 0 spiro atoms. The fraction of sp³-hybridized carbons (Fsp3) is 0.231. The first-order chi connectivity index (χ1) is 8.58. The van der Waals surface area contributed by atoms with Crippen molar-refractivity contribution in [2.75, 3.05) is 5.73 Å². The molecule has 2 aromatic rings. The molecule has 4 N–H and O–H groups in total. The van der Waals surface area contributed by atoms with Gasteiger partial charge in [0.05, 0.1) is 5.92 Å². The summed E-state index contributed by atoms with van der Waals surface area (Å²) < 4.78 is 1.92. The molecule has 0 radical (unpaired) electrons. The fourth-order valence-electron chi connectivity index (χ4n) is 1.73. The predicted molar refractivity (Wildman–Crippen MR) is 70.4 cm³/mol. The normalized spacial score (nSPS) is 12.3. The first-order valence-corrected chi connectivity index (χ1v) is 5.74. The van der Waals surface area contributed by atoms with Gasteiger partial charge in [-0.3, -0.25) is 4.79 Å². The van der Waals surface area contributed by atoms with Crippen molar-refractivity contribution < 1.29 is 4.79 Å². The second kappa shape index (κ2) is 4.91. The van der Waals surface area contributed by atoms with Gasteiger partial charge in [0, 0.05) is 30.2 Å². The van der Waals surface area contributed by atoms with E-state index in [1.54, 1.807) is 13.1 Å². The number of carbonyl (C=O) groups is 1. The zero-order valence-corrected chi connectivity index (χ0v) is 10.2. The topological polar surface area (TPSA) is 86.9 Å². The lowest BCUT2D eigenvalue weighted by Gasteiger charge is -2.11. The first kappa shape index (κ1) is 12.2. The smallest absolute Gasteiger partial charge is 0.222 e. The second-order valence-corrected chi connectivity index (χ2v) is 4.33. The molecular weight excluding hydrogens is 228 g/mol. The quantitative estimate of drug-likeness (QED) is 0.793. The molecule has 1 aromatic carbocycles. The fourth-order valence-corrected chi connectivity index (χ4v) is 1.73. The Morgan fingerprint density at radius 3 is 2.67 bits per heavy atom. The van der Waals surface area contributed by atoms with E-state index in [2.05, 4.69) is 4.98 Å². The standard InChI is InChI=1S/C13H16N4O/c1-9(12(15)18)8-17-7-6-16-13(17)10-2-4-11(14)5-3-10/h2-7,9H,8,14H2,1H3,(H2,15,18). The van der Waals surface area contributed by atoms with Crippen LogP contribution in [0.2, 0.25) is 0 Å². The molecule has 0 bridgehead atoms. The zero-order chi connectivity index (χ0) is 13.1. The third kappa shape index (κ3) is 2.51. The van der Waals surface area contributed by atoms with E-state index >= 15 is 0 Å². The third-order valence-electron chi connectivity index (χ3n) is 2.84. The number of anilines is 1. The minimum Gasteiger partial charge on any atom is -0.399 e. The third-order valence-corrected chi connectivity index (χ3v) is 2.84. The number of amides is 1. The number of nitrogen functional groups attached to an aromatic ring is 1. The minimum absolute atomic E-state index is 0.230. The van der Waals surface area contributed by atoms with Crippen molar-refractivity contribution in [3.63, 3.8) is 0 Å². The van der Waals surface area contributed by atoms with Crippen LogP contribution >= 0.6 is 0 Å². The SMILES string of the molecule is CC(Cn1ccnc1-c1ccc(N)cc1)C(N)=O. The van der Waals surface area contributed by atoms with Gasteiger partial charge in [-0.05, 0) is 24.3 Å². The van der Waals surface area contributed by atoms with E-state index in [9.17, 15) is 4.79 Å². The predicted octanol–water partition coefficient (Wildman–Crippen LogP) is 1.25. The highest BCUT2D eigenvalue weighted by atomic mass is 16.1. The Labute approximate surface area is 105 Å². The molecule has 1 amide bonds. The van der Waals surface area contributed by atoms with Crippen LogP contribution < -0.4 is 11.5 Å². The number of imidazole rings is 1. The molecule has 2 rings (SSSR count). The summed E-state index contributed by atoms with van der Waals surface area (Å²) in [6.45, 7) is 2.32. The van der Waals surface area contributed by atoms with Gasteiger partial charge in [0.1, 0.15) is 5.82 Å². The Kier molecular flexibility index (Phi) is 3.32. The van der Waals surface area contributed by atoms with Gasteiger partial charge in [-0.2, -0.15) is 0 Å². The monoisotopic (exact) mass is 244 g/mol. The van der Waals surface area contributed by atoms with Crippen LogP contribution in [0.25, 0.3) is 11.4 Å². The van der Waals surface area contributed by atoms with Crippen LogP contribution in [-0.4, -0.2) is 15.5 Å². The number of hydrogen-bond acceptors (Lipinski definition) is 3. The van der Waals surface area contributed by atoms with E-state index in [0.29, 0.717) is 12.2 Å². The van der Waals surface area contributed by atoms with Crippen LogP contribution in [0.5, 0.6) is 0 Å². The van der Waals surface area contributed by atoms with Crippen molar-refractivity contribution in [2.24, 2.45) is 11.7 Å². The molecule has 0 saturated carbocycles. The van der Waals surface area contributed by atoms with Gasteiger partial charge in [-0.15, -0.1) is 0 Å². The molecule has 0 aliphatic heterocycles. The van der Waals surface area contributed by atoms with Gasteiger partial charge in [-0.25, -0.2) is 4.98 Å². The van der Waals surface area contributed by atoms with Gasteiger partial charge in [-0.1, -0.05) is 6.92 Å². The van der Waals surface area contributed by atoms with Gasteiger partial charge in [0.25, 0.3) is 0 Å². The highest BCUT2D eigenvalue weighted by Crippen LogP contribution is 2.19. The molecule has 94 valence electrons. The summed E-state index contributed by atoms with van der Waals surface area (Å²) in [6, 6.07) is 7.46. The summed E-state index contributed by atoms with van der Waals surface area (Å²) in [7, 11) is 0. The maximum Gasteiger partial charge on any atom is 0.222 e. The van der Waals surface area contributed by atoms with Crippen molar-refractivity contribution in [2.45, 2.75) is 13.5 Å². The van der Waals surface area contributed by atoms with Crippen molar-refractivity contribution in [3.05, 3.63) is 36.7 Å². The molecule has 0 aliphatic rings. The van der Waals surface area contributed by atoms with Crippen LogP contribution in [0, 0.1) is 5.92 Å². The van der Waals surface area contributed by atoms with Crippen LogP contribution in [0.1, 0.15) is 6.92 Å². The van der Waals surface area contributed by atoms with Crippen LogP contribution in [0.3, 0.4) is 0 Å². The highest BCUT2D eigenvalue weighted by Gasteiger charge is 2.12. The molecule has 5 heteroatoms. The number of aromatic nitrogens is 2. The maximum absolute atomic E-state index is 11.1. The Morgan fingerprint density at radius 1 is 1.39 bits per heavy atom. The largest absolute Gasteiger partial charge is 0.399 e. The molecule has 0 saturated heterocycles. The minimum atomic E-state index is -0.313. The Bertz CT molecular complexity index is 544. The van der Waals surface area contributed by atoms with Gasteiger partial charge in [0.2, 0.25) is 5.91 Å². The van der Waals surface area contributed by atoms with E-state index in [0.717, 1.165) is 11.4 Å². The lowest BCUT2D eigenvalue weighted by atomic mass is 10.1. The van der Waals surface area contributed by atoms with Crippen LogP contribution in [0.4, 0.5) is 5.69 Å². The summed E-state index contributed by atoms with van der Waals surface area (Å²) in [6.07, 6.45) is 3.55. The number of nitrogens with zero attached hydrogens (tertiary/aromatic N) is 2. The number of nitrogens with two attached hydrogens (primary N) is 2. The van der Waals surface area contributed by atoms with Gasteiger partial charge in [0.15, 0.2) is 0 Å².